The van der Waals surface area contributed by atoms with E-state index in [1.165, 1.54) is 11.3 Å². The van der Waals surface area contributed by atoms with Gasteiger partial charge < -0.3 is 9.47 Å². The summed E-state index contributed by atoms with van der Waals surface area (Å²) in [6.45, 7) is 0.471. The molecule has 0 bridgehead atoms. The van der Waals surface area contributed by atoms with E-state index in [4.69, 9.17) is 9.47 Å². The van der Waals surface area contributed by atoms with Gasteiger partial charge in [-0.1, -0.05) is 12.2 Å². The van der Waals surface area contributed by atoms with E-state index in [0.29, 0.717) is 18.2 Å². The SMILES string of the molecule is COc1ccc(-c2nc(C(=O)OCC3CC=CCC3)cs2)cc1. The van der Waals surface area contributed by atoms with Crippen molar-refractivity contribution in [3.8, 4) is 16.3 Å². The molecule has 1 aliphatic carbocycles. The Kier molecular flexibility index (Phi) is 5.08. The summed E-state index contributed by atoms with van der Waals surface area (Å²) >= 11 is 1.44. The fourth-order valence-electron chi connectivity index (χ4n) is 2.51. The zero-order valence-electron chi connectivity index (χ0n) is 13.0. The van der Waals surface area contributed by atoms with Crippen molar-refractivity contribution in [1.82, 2.24) is 4.98 Å². The molecule has 1 atom stereocenters. The number of ether oxygens (including phenoxy) is 2. The van der Waals surface area contributed by atoms with Gasteiger partial charge in [0.25, 0.3) is 0 Å². The van der Waals surface area contributed by atoms with Crippen molar-refractivity contribution in [3.63, 3.8) is 0 Å². The number of benzene rings is 1. The first-order valence-electron chi connectivity index (χ1n) is 7.68. The Balaban J connectivity index is 1.61. The maximum Gasteiger partial charge on any atom is 0.357 e. The number of rotatable bonds is 5. The van der Waals surface area contributed by atoms with Crippen LogP contribution >= 0.6 is 11.3 Å². The molecule has 120 valence electrons. The normalized spacial score (nSPS) is 17.0. The van der Waals surface area contributed by atoms with Crippen LogP contribution in [0.3, 0.4) is 0 Å². The van der Waals surface area contributed by atoms with Crippen LogP contribution < -0.4 is 4.74 Å². The van der Waals surface area contributed by atoms with Gasteiger partial charge in [0.05, 0.1) is 13.7 Å². The van der Waals surface area contributed by atoms with Crippen molar-refractivity contribution in [2.24, 2.45) is 5.92 Å². The average molecular weight is 329 g/mol. The second-order valence-corrected chi connectivity index (χ2v) is 6.37. The molecule has 3 rings (SSSR count). The van der Waals surface area contributed by atoms with Gasteiger partial charge in [-0.25, -0.2) is 9.78 Å². The van der Waals surface area contributed by atoms with E-state index in [1.54, 1.807) is 12.5 Å². The molecule has 5 heteroatoms. The summed E-state index contributed by atoms with van der Waals surface area (Å²) in [6, 6.07) is 7.62. The van der Waals surface area contributed by atoms with Gasteiger partial charge >= 0.3 is 5.97 Å². The highest BCUT2D eigenvalue weighted by Crippen LogP contribution is 2.26. The van der Waals surface area contributed by atoms with Gasteiger partial charge in [-0.3, -0.25) is 0 Å². The Morgan fingerprint density at radius 1 is 1.30 bits per heavy atom. The molecule has 0 fully saturated rings. The molecule has 2 aromatic rings. The van der Waals surface area contributed by atoms with Crippen molar-refractivity contribution >= 4 is 17.3 Å². The van der Waals surface area contributed by atoms with Gasteiger partial charge in [0, 0.05) is 10.9 Å². The zero-order valence-corrected chi connectivity index (χ0v) is 13.8. The zero-order chi connectivity index (χ0) is 16.1. The van der Waals surface area contributed by atoms with Gasteiger partial charge in [-0.2, -0.15) is 0 Å². The molecule has 0 aliphatic heterocycles. The molecule has 23 heavy (non-hydrogen) atoms. The molecule has 1 aromatic carbocycles. The minimum Gasteiger partial charge on any atom is -0.497 e. The average Bonchev–Trinajstić information content (AvgIpc) is 3.11. The van der Waals surface area contributed by atoms with E-state index in [-0.39, 0.29) is 5.97 Å². The number of hydrogen-bond acceptors (Lipinski definition) is 5. The molecule has 1 unspecified atom stereocenters. The van der Waals surface area contributed by atoms with Crippen molar-refractivity contribution < 1.29 is 14.3 Å². The molecule has 0 amide bonds. The maximum atomic E-state index is 12.1. The fraction of sp³-hybridized carbons (Fsp3) is 0.333. The van der Waals surface area contributed by atoms with Crippen LogP contribution in [0.2, 0.25) is 0 Å². The van der Waals surface area contributed by atoms with Crippen LogP contribution in [0.4, 0.5) is 0 Å². The van der Waals surface area contributed by atoms with E-state index in [0.717, 1.165) is 35.6 Å². The minimum absolute atomic E-state index is 0.337. The molecule has 0 saturated carbocycles. The predicted octanol–water partition coefficient (Wildman–Crippen LogP) is 4.33. The summed E-state index contributed by atoms with van der Waals surface area (Å²) in [5.74, 6) is 0.894. The highest BCUT2D eigenvalue weighted by Gasteiger charge is 2.16. The van der Waals surface area contributed by atoms with Crippen LogP contribution in [0.25, 0.3) is 10.6 Å². The standard InChI is InChI=1S/C18H19NO3S/c1-21-15-9-7-14(8-10-15)17-19-16(12-23-17)18(20)22-11-13-5-3-2-4-6-13/h2-3,7-10,12-13H,4-6,11H2,1H3. The number of allylic oxidation sites excluding steroid dienone is 2. The van der Waals surface area contributed by atoms with Crippen LogP contribution in [0, 0.1) is 5.92 Å². The van der Waals surface area contributed by atoms with E-state index in [1.807, 2.05) is 24.3 Å². The number of methoxy groups -OCH3 is 1. The number of esters is 1. The Bertz CT molecular complexity index is 691. The molecule has 1 aliphatic rings. The second-order valence-electron chi connectivity index (χ2n) is 5.52. The number of carbonyl (C=O) groups is 1. The molecule has 0 saturated heterocycles. The van der Waals surface area contributed by atoms with Crippen LogP contribution in [0.15, 0.2) is 41.8 Å². The molecular weight excluding hydrogens is 310 g/mol. The van der Waals surface area contributed by atoms with Crippen LogP contribution in [-0.4, -0.2) is 24.7 Å². The predicted molar refractivity (Wildman–Crippen MR) is 90.9 cm³/mol. The molecule has 0 N–H and O–H groups in total. The third-order valence-corrected chi connectivity index (χ3v) is 4.77. The fourth-order valence-corrected chi connectivity index (χ4v) is 3.30. The Hall–Kier alpha value is -2.14. The smallest absolute Gasteiger partial charge is 0.357 e. The quantitative estimate of drug-likeness (QED) is 0.605. The lowest BCUT2D eigenvalue weighted by Gasteiger charge is -2.16. The number of thiazole rings is 1. The Labute approximate surface area is 139 Å². The largest absolute Gasteiger partial charge is 0.497 e. The van der Waals surface area contributed by atoms with Gasteiger partial charge in [0.1, 0.15) is 10.8 Å². The summed E-state index contributed by atoms with van der Waals surface area (Å²) < 4.78 is 10.5. The molecule has 1 aromatic heterocycles. The Morgan fingerprint density at radius 3 is 2.83 bits per heavy atom. The number of hydrogen-bond donors (Lipinski definition) is 0. The molecular formula is C18H19NO3S. The van der Waals surface area contributed by atoms with E-state index in [9.17, 15) is 4.79 Å². The summed E-state index contributed by atoms with van der Waals surface area (Å²) in [6.07, 6.45) is 7.48. The van der Waals surface area contributed by atoms with Crippen molar-refractivity contribution in [1.29, 1.82) is 0 Å². The van der Waals surface area contributed by atoms with Gasteiger partial charge in [-0.15, -0.1) is 11.3 Å². The first-order chi connectivity index (χ1) is 11.3. The summed E-state index contributed by atoms with van der Waals surface area (Å²) in [4.78, 5) is 16.5. The van der Waals surface area contributed by atoms with Gasteiger partial charge in [0.15, 0.2) is 5.69 Å². The number of carbonyl (C=O) groups excluding carboxylic acids is 1. The highest BCUT2D eigenvalue weighted by molar-refractivity contribution is 7.13. The lowest BCUT2D eigenvalue weighted by Crippen LogP contribution is -2.15. The van der Waals surface area contributed by atoms with Crippen LogP contribution in [0.1, 0.15) is 29.8 Å². The lowest BCUT2D eigenvalue weighted by molar-refractivity contribution is 0.0426. The summed E-state index contributed by atoms with van der Waals surface area (Å²) in [5, 5.41) is 2.56. The van der Waals surface area contributed by atoms with Crippen LogP contribution in [-0.2, 0) is 4.74 Å². The van der Waals surface area contributed by atoms with E-state index in [2.05, 4.69) is 17.1 Å². The van der Waals surface area contributed by atoms with Crippen molar-refractivity contribution in [2.75, 3.05) is 13.7 Å². The van der Waals surface area contributed by atoms with Crippen LogP contribution in [0.5, 0.6) is 5.75 Å². The summed E-state index contributed by atoms with van der Waals surface area (Å²) in [7, 11) is 1.63. The van der Waals surface area contributed by atoms with E-state index < -0.39 is 0 Å². The molecule has 0 radical (unpaired) electrons. The van der Waals surface area contributed by atoms with Crippen molar-refractivity contribution in [3.05, 3.63) is 47.5 Å². The first-order valence-corrected chi connectivity index (χ1v) is 8.56. The molecule has 1 heterocycles. The van der Waals surface area contributed by atoms with Gasteiger partial charge in [-0.05, 0) is 49.4 Å². The number of nitrogens with zero attached hydrogens (tertiary/aromatic N) is 1. The highest BCUT2D eigenvalue weighted by atomic mass is 32.1. The molecule has 0 spiro atoms. The Morgan fingerprint density at radius 2 is 2.13 bits per heavy atom. The topological polar surface area (TPSA) is 48.4 Å². The third-order valence-electron chi connectivity index (χ3n) is 3.88. The van der Waals surface area contributed by atoms with E-state index >= 15 is 0 Å². The maximum absolute atomic E-state index is 12.1. The molecule has 4 nitrogen and oxygen atoms in total. The second kappa shape index (κ2) is 7.42. The third kappa shape index (κ3) is 3.99. The number of aromatic nitrogens is 1. The lowest BCUT2D eigenvalue weighted by atomic mass is 9.95. The first kappa shape index (κ1) is 15.7. The summed E-state index contributed by atoms with van der Waals surface area (Å²) in [5.41, 5.74) is 1.35. The van der Waals surface area contributed by atoms with Crippen molar-refractivity contribution in [2.45, 2.75) is 19.3 Å². The van der Waals surface area contributed by atoms with Gasteiger partial charge in [0.2, 0.25) is 0 Å². The monoisotopic (exact) mass is 329 g/mol. The minimum atomic E-state index is -0.337.